The van der Waals surface area contributed by atoms with Crippen molar-refractivity contribution in [2.24, 2.45) is 17.6 Å². The summed E-state index contributed by atoms with van der Waals surface area (Å²) in [6.45, 7) is 0.527. The van der Waals surface area contributed by atoms with Gasteiger partial charge in [-0.2, -0.15) is 0 Å². The van der Waals surface area contributed by atoms with Crippen molar-refractivity contribution in [3.05, 3.63) is 57.8 Å². The van der Waals surface area contributed by atoms with Gasteiger partial charge in [-0.3, -0.25) is 0 Å². The van der Waals surface area contributed by atoms with Crippen molar-refractivity contribution in [1.82, 2.24) is 0 Å². The molecule has 0 saturated heterocycles. The highest BCUT2D eigenvalue weighted by atomic mass is 32.1. The van der Waals surface area contributed by atoms with Gasteiger partial charge in [0.2, 0.25) is 0 Å². The zero-order valence-electron chi connectivity index (χ0n) is 12.0. The Bertz CT molecular complexity index is 624. The lowest BCUT2D eigenvalue weighted by Gasteiger charge is -2.21. The second-order valence-corrected chi connectivity index (χ2v) is 7.33. The number of benzene rings is 1. The first-order valence-electron chi connectivity index (χ1n) is 7.80. The Labute approximate surface area is 129 Å². The zero-order chi connectivity index (χ0) is 14.4. The average molecular weight is 299 g/mol. The molecule has 0 amide bonds. The van der Waals surface area contributed by atoms with E-state index >= 15 is 0 Å². The number of rotatable bonds is 4. The van der Waals surface area contributed by atoms with E-state index in [0.717, 1.165) is 6.42 Å². The monoisotopic (exact) mass is 299 g/mol. The van der Waals surface area contributed by atoms with E-state index in [9.17, 15) is 5.11 Å². The Kier molecular flexibility index (Phi) is 3.37. The van der Waals surface area contributed by atoms with Crippen LogP contribution >= 0.6 is 11.3 Å². The highest BCUT2D eigenvalue weighted by Gasteiger charge is 2.57. The van der Waals surface area contributed by atoms with Crippen LogP contribution in [0.3, 0.4) is 0 Å². The van der Waals surface area contributed by atoms with Crippen LogP contribution in [0.5, 0.6) is 0 Å². The van der Waals surface area contributed by atoms with Gasteiger partial charge in [0.1, 0.15) is 0 Å². The minimum absolute atomic E-state index is 0.0905. The maximum absolute atomic E-state index is 10.9. The SMILES string of the molecule is NCC(c1cccs1)C(O)C1C2CCc3ccccc3C21. The summed E-state index contributed by atoms with van der Waals surface area (Å²) in [5.41, 5.74) is 8.91. The summed E-state index contributed by atoms with van der Waals surface area (Å²) in [5, 5.41) is 13.0. The largest absolute Gasteiger partial charge is 0.392 e. The lowest BCUT2D eigenvalue weighted by atomic mass is 9.92. The summed E-state index contributed by atoms with van der Waals surface area (Å²) in [4.78, 5) is 1.22. The molecule has 1 saturated carbocycles. The fraction of sp³-hybridized carbons (Fsp3) is 0.444. The fourth-order valence-electron chi connectivity index (χ4n) is 4.28. The summed E-state index contributed by atoms with van der Waals surface area (Å²) in [6, 6.07) is 12.9. The summed E-state index contributed by atoms with van der Waals surface area (Å²) >= 11 is 1.71. The number of aryl methyl sites for hydroxylation is 1. The van der Waals surface area contributed by atoms with Crippen molar-refractivity contribution in [2.45, 2.75) is 30.8 Å². The van der Waals surface area contributed by atoms with Gasteiger partial charge in [0.25, 0.3) is 0 Å². The van der Waals surface area contributed by atoms with Gasteiger partial charge in [0.05, 0.1) is 6.10 Å². The maximum Gasteiger partial charge on any atom is 0.0665 e. The highest BCUT2D eigenvalue weighted by Crippen LogP contribution is 2.62. The third-order valence-electron chi connectivity index (χ3n) is 5.36. The standard InChI is InChI=1S/C18H21NOS/c19-10-14(15-6-3-9-21-15)18(20)17-13-8-7-11-4-1-2-5-12(11)16(13)17/h1-6,9,13-14,16-18,20H,7-8,10,19H2. The molecule has 2 aliphatic carbocycles. The summed E-state index contributed by atoms with van der Waals surface area (Å²) in [6.07, 6.45) is 2.06. The second kappa shape index (κ2) is 5.24. The molecule has 1 aromatic carbocycles. The maximum atomic E-state index is 10.9. The normalized spacial score (nSPS) is 29.3. The van der Waals surface area contributed by atoms with E-state index in [1.807, 2.05) is 6.07 Å². The van der Waals surface area contributed by atoms with Crippen LogP contribution in [0.2, 0.25) is 0 Å². The smallest absolute Gasteiger partial charge is 0.0665 e. The predicted octanol–water partition coefficient (Wildman–Crippen LogP) is 3.13. The van der Waals surface area contributed by atoms with Crippen molar-refractivity contribution >= 4 is 11.3 Å². The topological polar surface area (TPSA) is 46.2 Å². The molecule has 0 radical (unpaired) electrons. The van der Waals surface area contributed by atoms with E-state index in [2.05, 4.69) is 35.7 Å². The van der Waals surface area contributed by atoms with Gasteiger partial charge in [-0.1, -0.05) is 30.3 Å². The number of hydrogen-bond acceptors (Lipinski definition) is 3. The number of hydrogen-bond donors (Lipinski definition) is 2. The molecule has 0 aliphatic heterocycles. The van der Waals surface area contributed by atoms with Gasteiger partial charge in [0, 0.05) is 17.3 Å². The van der Waals surface area contributed by atoms with Crippen molar-refractivity contribution in [3.63, 3.8) is 0 Å². The molecule has 1 aromatic heterocycles. The van der Waals surface area contributed by atoms with E-state index in [1.54, 1.807) is 11.3 Å². The highest BCUT2D eigenvalue weighted by molar-refractivity contribution is 7.10. The summed E-state index contributed by atoms with van der Waals surface area (Å²) < 4.78 is 0. The van der Waals surface area contributed by atoms with E-state index in [0.29, 0.717) is 24.3 Å². The Morgan fingerprint density at radius 3 is 2.86 bits per heavy atom. The van der Waals surface area contributed by atoms with Crippen LogP contribution < -0.4 is 5.73 Å². The first-order chi connectivity index (χ1) is 10.3. The van der Waals surface area contributed by atoms with E-state index < -0.39 is 0 Å². The number of thiophene rings is 1. The predicted molar refractivity (Wildman–Crippen MR) is 86.6 cm³/mol. The second-order valence-electron chi connectivity index (χ2n) is 6.35. The van der Waals surface area contributed by atoms with Gasteiger partial charge >= 0.3 is 0 Å². The molecular formula is C18H21NOS. The van der Waals surface area contributed by atoms with Gasteiger partial charge in [-0.05, 0) is 53.2 Å². The summed E-state index contributed by atoms with van der Waals surface area (Å²) in [7, 11) is 0. The summed E-state index contributed by atoms with van der Waals surface area (Å²) in [5.74, 6) is 1.69. The molecule has 2 aliphatic rings. The number of aliphatic hydroxyl groups excluding tert-OH is 1. The van der Waals surface area contributed by atoms with Gasteiger partial charge < -0.3 is 10.8 Å². The molecule has 110 valence electrons. The van der Waals surface area contributed by atoms with E-state index in [4.69, 9.17) is 5.73 Å². The number of fused-ring (bicyclic) bond motifs is 3. The lowest BCUT2D eigenvalue weighted by Crippen LogP contribution is -2.27. The quantitative estimate of drug-likeness (QED) is 0.911. The minimum atomic E-state index is -0.310. The molecule has 0 spiro atoms. The Balaban J connectivity index is 1.59. The molecule has 3 N–H and O–H groups in total. The van der Waals surface area contributed by atoms with Crippen LogP contribution in [0.15, 0.2) is 41.8 Å². The van der Waals surface area contributed by atoms with Crippen molar-refractivity contribution in [1.29, 1.82) is 0 Å². The fourth-order valence-corrected chi connectivity index (χ4v) is 5.16. The molecule has 2 aromatic rings. The number of nitrogens with two attached hydrogens (primary N) is 1. The van der Waals surface area contributed by atoms with Crippen LogP contribution in [0.4, 0.5) is 0 Å². The van der Waals surface area contributed by atoms with Crippen LogP contribution in [-0.2, 0) is 6.42 Å². The van der Waals surface area contributed by atoms with Crippen LogP contribution in [-0.4, -0.2) is 17.8 Å². The van der Waals surface area contributed by atoms with Crippen molar-refractivity contribution in [3.8, 4) is 0 Å². The van der Waals surface area contributed by atoms with Crippen LogP contribution in [0.1, 0.15) is 34.3 Å². The van der Waals surface area contributed by atoms with Crippen molar-refractivity contribution in [2.75, 3.05) is 6.54 Å². The van der Waals surface area contributed by atoms with E-state index in [-0.39, 0.29) is 12.0 Å². The van der Waals surface area contributed by atoms with Gasteiger partial charge in [-0.25, -0.2) is 0 Å². The van der Waals surface area contributed by atoms with Crippen molar-refractivity contribution < 1.29 is 5.11 Å². The molecule has 4 rings (SSSR count). The van der Waals surface area contributed by atoms with Gasteiger partial charge in [-0.15, -0.1) is 11.3 Å². The zero-order valence-corrected chi connectivity index (χ0v) is 12.8. The minimum Gasteiger partial charge on any atom is -0.392 e. The first kappa shape index (κ1) is 13.5. The Morgan fingerprint density at radius 2 is 2.10 bits per heavy atom. The number of aliphatic hydroxyl groups is 1. The molecule has 0 bridgehead atoms. The molecule has 1 heterocycles. The van der Waals surface area contributed by atoms with Crippen LogP contribution in [0, 0.1) is 11.8 Å². The Hall–Kier alpha value is -1.16. The van der Waals surface area contributed by atoms with Gasteiger partial charge in [0.15, 0.2) is 0 Å². The first-order valence-corrected chi connectivity index (χ1v) is 8.68. The Morgan fingerprint density at radius 1 is 1.24 bits per heavy atom. The molecule has 21 heavy (non-hydrogen) atoms. The third kappa shape index (κ3) is 2.15. The molecule has 2 nitrogen and oxygen atoms in total. The third-order valence-corrected chi connectivity index (χ3v) is 6.36. The molecule has 3 heteroatoms. The van der Waals surface area contributed by atoms with E-state index in [1.165, 1.54) is 22.4 Å². The molecular weight excluding hydrogens is 278 g/mol. The molecule has 1 fully saturated rings. The molecule has 5 unspecified atom stereocenters. The average Bonchev–Trinajstić information content (AvgIpc) is 3.03. The van der Waals surface area contributed by atoms with Crippen LogP contribution in [0.25, 0.3) is 0 Å². The molecule has 5 atom stereocenters. The lowest BCUT2D eigenvalue weighted by molar-refractivity contribution is 0.116.